The van der Waals surface area contributed by atoms with Gasteiger partial charge in [0.15, 0.2) is 0 Å². The zero-order valence-corrected chi connectivity index (χ0v) is 11.8. The summed E-state index contributed by atoms with van der Waals surface area (Å²) in [5, 5.41) is 6.54. The smallest absolute Gasteiger partial charge is 0.240 e. The van der Waals surface area contributed by atoms with Crippen LogP contribution in [0.4, 0.5) is 0 Å². The summed E-state index contributed by atoms with van der Waals surface area (Å²) in [6, 6.07) is 0. The molecular formula is C14H28N2O. The second kappa shape index (κ2) is 6.39. The van der Waals surface area contributed by atoms with Crippen LogP contribution in [0.2, 0.25) is 0 Å². The van der Waals surface area contributed by atoms with E-state index in [2.05, 4.69) is 38.3 Å². The standard InChI is InChI=1S/C14H28N2O/c1-5-7-14(8-6-9-16-14)13(17)15-10-12(4)11(2)3/h11-12,16H,5-10H2,1-4H3,(H,15,17). The average Bonchev–Trinajstić information content (AvgIpc) is 2.75. The van der Waals surface area contributed by atoms with E-state index in [1.54, 1.807) is 0 Å². The van der Waals surface area contributed by atoms with Crippen LogP contribution in [0, 0.1) is 11.8 Å². The van der Waals surface area contributed by atoms with Crippen LogP contribution >= 0.6 is 0 Å². The van der Waals surface area contributed by atoms with E-state index in [4.69, 9.17) is 0 Å². The van der Waals surface area contributed by atoms with Gasteiger partial charge >= 0.3 is 0 Å². The van der Waals surface area contributed by atoms with Crippen LogP contribution in [0.25, 0.3) is 0 Å². The van der Waals surface area contributed by atoms with Gasteiger partial charge in [-0.15, -0.1) is 0 Å². The molecule has 2 unspecified atom stereocenters. The van der Waals surface area contributed by atoms with Gasteiger partial charge in [-0.3, -0.25) is 4.79 Å². The van der Waals surface area contributed by atoms with E-state index in [1.165, 1.54) is 0 Å². The summed E-state index contributed by atoms with van der Waals surface area (Å²) in [4.78, 5) is 12.3. The van der Waals surface area contributed by atoms with E-state index in [-0.39, 0.29) is 11.4 Å². The van der Waals surface area contributed by atoms with E-state index in [1.807, 2.05) is 0 Å². The van der Waals surface area contributed by atoms with Gasteiger partial charge in [-0.25, -0.2) is 0 Å². The van der Waals surface area contributed by atoms with E-state index in [0.29, 0.717) is 11.8 Å². The molecule has 3 nitrogen and oxygen atoms in total. The number of carbonyl (C=O) groups excluding carboxylic acids is 1. The molecule has 1 aliphatic heterocycles. The molecule has 0 aromatic carbocycles. The minimum atomic E-state index is -0.272. The number of rotatable bonds is 6. The van der Waals surface area contributed by atoms with Crippen molar-refractivity contribution < 1.29 is 4.79 Å². The molecule has 1 amide bonds. The highest BCUT2D eigenvalue weighted by atomic mass is 16.2. The van der Waals surface area contributed by atoms with Gasteiger partial charge in [0.05, 0.1) is 5.54 Å². The van der Waals surface area contributed by atoms with Crippen molar-refractivity contribution in [2.45, 2.75) is 58.9 Å². The Morgan fingerprint density at radius 1 is 1.41 bits per heavy atom. The molecule has 17 heavy (non-hydrogen) atoms. The molecule has 1 saturated heterocycles. The Morgan fingerprint density at radius 2 is 2.12 bits per heavy atom. The first-order valence-corrected chi connectivity index (χ1v) is 7.05. The maximum atomic E-state index is 12.3. The molecule has 1 rings (SSSR count). The highest BCUT2D eigenvalue weighted by molar-refractivity contribution is 5.86. The third-order valence-electron chi connectivity index (χ3n) is 4.08. The largest absolute Gasteiger partial charge is 0.354 e. The summed E-state index contributed by atoms with van der Waals surface area (Å²) in [6.45, 7) is 10.5. The Bertz CT molecular complexity index is 245. The fraction of sp³-hybridized carbons (Fsp3) is 0.929. The van der Waals surface area contributed by atoms with Gasteiger partial charge in [0, 0.05) is 6.54 Å². The third kappa shape index (κ3) is 3.70. The molecule has 3 heteroatoms. The molecule has 0 aromatic heterocycles. The fourth-order valence-corrected chi connectivity index (χ4v) is 2.41. The van der Waals surface area contributed by atoms with Crippen molar-refractivity contribution in [3.8, 4) is 0 Å². The van der Waals surface area contributed by atoms with Crippen molar-refractivity contribution in [2.24, 2.45) is 11.8 Å². The predicted molar refractivity (Wildman–Crippen MR) is 71.9 cm³/mol. The van der Waals surface area contributed by atoms with E-state index in [9.17, 15) is 4.79 Å². The van der Waals surface area contributed by atoms with Crippen LogP contribution < -0.4 is 10.6 Å². The Hall–Kier alpha value is -0.570. The normalized spacial score (nSPS) is 26.2. The molecule has 0 aliphatic carbocycles. The predicted octanol–water partition coefficient (Wildman–Crippen LogP) is 2.32. The first-order valence-electron chi connectivity index (χ1n) is 7.05. The van der Waals surface area contributed by atoms with Crippen LogP contribution in [0.15, 0.2) is 0 Å². The summed E-state index contributed by atoms with van der Waals surface area (Å²) >= 11 is 0. The van der Waals surface area contributed by atoms with Crippen molar-refractivity contribution in [1.82, 2.24) is 10.6 Å². The second-order valence-corrected chi connectivity index (χ2v) is 5.79. The molecule has 0 aromatic rings. The number of nitrogens with one attached hydrogen (secondary N) is 2. The zero-order valence-electron chi connectivity index (χ0n) is 11.8. The lowest BCUT2D eigenvalue weighted by atomic mass is 9.90. The summed E-state index contributed by atoms with van der Waals surface area (Å²) < 4.78 is 0. The molecule has 0 spiro atoms. The molecule has 100 valence electrons. The highest BCUT2D eigenvalue weighted by Gasteiger charge is 2.39. The Labute approximate surface area is 106 Å². The van der Waals surface area contributed by atoms with Gasteiger partial charge in [0.2, 0.25) is 5.91 Å². The van der Waals surface area contributed by atoms with Crippen LogP contribution in [0.1, 0.15) is 53.4 Å². The first-order chi connectivity index (χ1) is 8.02. The minimum Gasteiger partial charge on any atom is -0.354 e. The molecule has 1 aliphatic rings. The summed E-state index contributed by atoms with van der Waals surface area (Å²) in [5.74, 6) is 1.37. The number of hydrogen-bond acceptors (Lipinski definition) is 2. The van der Waals surface area contributed by atoms with Crippen LogP contribution in [-0.4, -0.2) is 24.5 Å². The molecule has 1 fully saturated rings. The number of carbonyl (C=O) groups is 1. The van der Waals surface area contributed by atoms with E-state index in [0.717, 1.165) is 38.8 Å². The Balaban J connectivity index is 2.49. The van der Waals surface area contributed by atoms with E-state index >= 15 is 0 Å². The summed E-state index contributed by atoms with van der Waals surface area (Å²) in [5.41, 5.74) is -0.272. The van der Waals surface area contributed by atoms with Crippen LogP contribution in [0.5, 0.6) is 0 Å². The van der Waals surface area contributed by atoms with Gasteiger partial charge in [-0.1, -0.05) is 34.1 Å². The summed E-state index contributed by atoms with van der Waals surface area (Å²) in [6.07, 6.45) is 4.12. The lowest BCUT2D eigenvalue weighted by Gasteiger charge is -2.29. The highest BCUT2D eigenvalue weighted by Crippen LogP contribution is 2.25. The zero-order chi connectivity index (χ0) is 12.9. The number of hydrogen-bond donors (Lipinski definition) is 2. The van der Waals surface area contributed by atoms with Gasteiger partial charge in [-0.05, 0) is 37.6 Å². The van der Waals surface area contributed by atoms with Crippen LogP contribution in [-0.2, 0) is 4.79 Å². The fourth-order valence-electron chi connectivity index (χ4n) is 2.41. The molecule has 2 atom stereocenters. The molecule has 0 radical (unpaired) electrons. The van der Waals surface area contributed by atoms with E-state index < -0.39 is 0 Å². The molecule has 0 saturated carbocycles. The Kier molecular flexibility index (Phi) is 5.44. The van der Waals surface area contributed by atoms with Gasteiger partial charge in [0.25, 0.3) is 0 Å². The first kappa shape index (κ1) is 14.5. The topological polar surface area (TPSA) is 41.1 Å². The molecule has 0 bridgehead atoms. The molecular weight excluding hydrogens is 212 g/mol. The van der Waals surface area contributed by atoms with Crippen LogP contribution in [0.3, 0.4) is 0 Å². The van der Waals surface area contributed by atoms with Gasteiger partial charge in [0.1, 0.15) is 0 Å². The maximum absolute atomic E-state index is 12.3. The Morgan fingerprint density at radius 3 is 2.59 bits per heavy atom. The quantitative estimate of drug-likeness (QED) is 0.748. The van der Waals surface area contributed by atoms with Gasteiger partial charge in [-0.2, -0.15) is 0 Å². The average molecular weight is 240 g/mol. The molecule has 2 N–H and O–H groups in total. The lowest BCUT2D eigenvalue weighted by molar-refractivity contribution is -0.127. The maximum Gasteiger partial charge on any atom is 0.240 e. The lowest BCUT2D eigenvalue weighted by Crippen LogP contribution is -2.54. The summed E-state index contributed by atoms with van der Waals surface area (Å²) in [7, 11) is 0. The van der Waals surface area contributed by atoms with Gasteiger partial charge < -0.3 is 10.6 Å². The SMILES string of the molecule is CCCC1(C(=O)NCC(C)C(C)C)CCCN1. The van der Waals surface area contributed by atoms with Crippen molar-refractivity contribution in [3.63, 3.8) is 0 Å². The molecule has 1 heterocycles. The van der Waals surface area contributed by atoms with Crippen molar-refractivity contribution in [1.29, 1.82) is 0 Å². The van der Waals surface area contributed by atoms with Crippen molar-refractivity contribution in [2.75, 3.05) is 13.1 Å². The number of amides is 1. The minimum absolute atomic E-state index is 0.212. The van der Waals surface area contributed by atoms with Crippen molar-refractivity contribution >= 4 is 5.91 Å². The third-order valence-corrected chi connectivity index (χ3v) is 4.08. The van der Waals surface area contributed by atoms with Crippen molar-refractivity contribution in [3.05, 3.63) is 0 Å². The monoisotopic (exact) mass is 240 g/mol. The second-order valence-electron chi connectivity index (χ2n) is 5.79.